The van der Waals surface area contributed by atoms with Gasteiger partial charge in [-0.3, -0.25) is 29.4 Å². The Hall–Kier alpha value is -2.94. The molecule has 0 bridgehead atoms. The lowest BCUT2D eigenvalue weighted by atomic mass is 10.1. The zero-order valence-electron chi connectivity index (χ0n) is 10.7. The van der Waals surface area contributed by atoms with Gasteiger partial charge in [0.05, 0.1) is 28.9 Å². The van der Waals surface area contributed by atoms with E-state index in [0.29, 0.717) is 0 Å². The van der Waals surface area contributed by atoms with E-state index in [4.69, 9.17) is 10.8 Å². The van der Waals surface area contributed by atoms with Crippen LogP contribution in [0, 0.1) is 0 Å². The van der Waals surface area contributed by atoms with Crippen LogP contribution in [0.2, 0.25) is 0 Å². The van der Waals surface area contributed by atoms with E-state index < -0.39 is 35.5 Å². The molecule has 9 heteroatoms. The number of aromatic nitrogens is 2. The van der Waals surface area contributed by atoms with Gasteiger partial charge in [0, 0.05) is 0 Å². The maximum Gasteiger partial charge on any atom is 0.305 e. The van der Waals surface area contributed by atoms with Crippen molar-refractivity contribution in [3.05, 3.63) is 38.9 Å². The van der Waals surface area contributed by atoms with E-state index in [2.05, 4.69) is 15.5 Å². The lowest BCUT2D eigenvalue weighted by molar-refractivity contribution is -0.138. The second-order valence-corrected chi connectivity index (χ2v) is 4.33. The van der Waals surface area contributed by atoms with Crippen LogP contribution >= 0.6 is 0 Å². The summed E-state index contributed by atoms with van der Waals surface area (Å²) < 4.78 is 0. The maximum atomic E-state index is 11.8. The third-order valence-electron chi connectivity index (χ3n) is 2.81. The molecule has 110 valence electrons. The van der Waals surface area contributed by atoms with Gasteiger partial charge in [0.15, 0.2) is 0 Å². The topological polar surface area (TPSA) is 158 Å². The van der Waals surface area contributed by atoms with Crippen LogP contribution < -0.4 is 22.2 Å². The summed E-state index contributed by atoms with van der Waals surface area (Å²) in [4.78, 5) is 45.7. The number of anilines is 1. The lowest BCUT2D eigenvalue weighted by Gasteiger charge is -2.11. The molecule has 2 rings (SSSR count). The molecular formula is C12H12N4O5. The van der Waals surface area contributed by atoms with E-state index >= 15 is 0 Å². The van der Waals surface area contributed by atoms with Gasteiger partial charge in [0.25, 0.3) is 11.1 Å². The summed E-state index contributed by atoms with van der Waals surface area (Å²) in [5.41, 5.74) is 4.41. The third kappa shape index (κ3) is 2.98. The number of carbonyl (C=O) groups excluding carboxylic acids is 1. The Bertz CT molecular complexity index is 822. The summed E-state index contributed by atoms with van der Waals surface area (Å²) in [5.74, 6) is -1.98. The fourth-order valence-electron chi connectivity index (χ4n) is 1.84. The van der Waals surface area contributed by atoms with Crippen LogP contribution in [0.4, 0.5) is 5.69 Å². The molecule has 1 amide bonds. The number of fused-ring (bicyclic) bond motifs is 1. The normalized spacial score (nSPS) is 12.0. The van der Waals surface area contributed by atoms with E-state index in [-0.39, 0.29) is 16.5 Å². The summed E-state index contributed by atoms with van der Waals surface area (Å²) >= 11 is 0. The molecule has 1 aromatic heterocycles. The highest BCUT2D eigenvalue weighted by Gasteiger charge is 2.18. The number of H-pyrrole nitrogens is 2. The highest BCUT2D eigenvalue weighted by atomic mass is 16.4. The molecule has 1 heterocycles. The first-order valence-corrected chi connectivity index (χ1v) is 5.92. The summed E-state index contributed by atoms with van der Waals surface area (Å²) in [6.45, 7) is 0. The standard InChI is InChI=1S/C12H12N4O5/c13-6(4-8(17)18)11(20)14-7-3-1-2-5-9(7)12(21)16-15-10(5)19/h1-3,6H,4,13H2,(H,14,20)(H,15,19)(H,16,21)(H,17,18). The molecule has 0 aliphatic carbocycles. The van der Waals surface area contributed by atoms with Crippen molar-refractivity contribution in [1.82, 2.24) is 10.2 Å². The van der Waals surface area contributed by atoms with Crippen LogP contribution in [0.15, 0.2) is 27.8 Å². The van der Waals surface area contributed by atoms with Gasteiger partial charge in [0.1, 0.15) is 0 Å². The number of carboxylic acids is 1. The van der Waals surface area contributed by atoms with E-state index in [1.807, 2.05) is 0 Å². The summed E-state index contributed by atoms with van der Waals surface area (Å²) in [7, 11) is 0. The maximum absolute atomic E-state index is 11.8. The van der Waals surface area contributed by atoms with Gasteiger partial charge in [-0.15, -0.1) is 0 Å². The number of aromatic amines is 2. The van der Waals surface area contributed by atoms with Crippen molar-refractivity contribution in [3.63, 3.8) is 0 Å². The number of benzene rings is 1. The fourth-order valence-corrected chi connectivity index (χ4v) is 1.84. The zero-order valence-corrected chi connectivity index (χ0v) is 10.7. The van der Waals surface area contributed by atoms with E-state index in [9.17, 15) is 19.2 Å². The third-order valence-corrected chi connectivity index (χ3v) is 2.81. The predicted octanol–water partition coefficient (Wildman–Crippen LogP) is -1.04. The van der Waals surface area contributed by atoms with Crippen molar-refractivity contribution in [1.29, 1.82) is 0 Å². The molecule has 0 aliphatic heterocycles. The minimum Gasteiger partial charge on any atom is -0.481 e. The van der Waals surface area contributed by atoms with Crippen molar-refractivity contribution in [2.75, 3.05) is 5.32 Å². The van der Waals surface area contributed by atoms with Crippen LogP contribution in [0.1, 0.15) is 6.42 Å². The van der Waals surface area contributed by atoms with Gasteiger partial charge < -0.3 is 16.2 Å². The van der Waals surface area contributed by atoms with E-state index in [0.717, 1.165) is 0 Å². The molecular weight excluding hydrogens is 280 g/mol. The van der Waals surface area contributed by atoms with Gasteiger partial charge in [-0.1, -0.05) is 6.07 Å². The van der Waals surface area contributed by atoms with Crippen molar-refractivity contribution in [3.8, 4) is 0 Å². The number of carboxylic acid groups (broad SMARTS) is 1. The molecule has 1 aromatic carbocycles. The number of nitrogens with two attached hydrogens (primary N) is 1. The van der Waals surface area contributed by atoms with Gasteiger partial charge >= 0.3 is 5.97 Å². The smallest absolute Gasteiger partial charge is 0.305 e. The van der Waals surface area contributed by atoms with Crippen molar-refractivity contribution in [2.24, 2.45) is 5.73 Å². The number of hydrogen-bond donors (Lipinski definition) is 5. The second-order valence-electron chi connectivity index (χ2n) is 4.33. The predicted molar refractivity (Wildman–Crippen MR) is 74.0 cm³/mol. The van der Waals surface area contributed by atoms with E-state index in [1.54, 1.807) is 0 Å². The minimum atomic E-state index is -1.26. The molecule has 2 aromatic rings. The molecule has 0 aliphatic rings. The minimum absolute atomic E-state index is 0.00266. The Morgan fingerprint density at radius 1 is 1.24 bits per heavy atom. The fraction of sp³-hybridized carbons (Fsp3) is 0.167. The highest BCUT2D eigenvalue weighted by Crippen LogP contribution is 2.16. The number of hydrogen-bond acceptors (Lipinski definition) is 5. The zero-order chi connectivity index (χ0) is 15.6. The Labute approximate surface area is 116 Å². The monoisotopic (exact) mass is 292 g/mol. The van der Waals surface area contributed by atoms with Crippen molar-refractivity contribution >= 4 is 28.3 Å². The average molecular weight is 292 g/mol. The number of aliphatic carboxylic acids is 1. The Kier molecular flexibility index (Phi) is 3.85. The molecule has 1 atom stereocenters. The molecule has 0 spiro atoms. The largest absolute Gasteiger partial charge is 0.481 e. The first-order chi connectivity index (χ1) is 9.90. The van der Waals surface area contributed by atoms with Crippen LogP contribution in [0.5, 0.6) is 0 Å². The molecule has 0 saturated carbocycles. The van der Waals surface area contributed by atoms with Crippen LogP contribution in [0.25, 0.3) is 10.8 Å². The summed E-state index contributed by atoms with van der Waals surface area (Å²) in [6, 6.07) is 3.06. The van der Waals surface area contributed by atoms with Gasteiger partial charge in [-0.25, -0.2) is 0 Å². The first kappa shape index (κ1) is 14.5. The first-order valence-electron chi connectivity index (χ1n) is 5.92. The van der Waals surface area contributed by atoms with Gasteiger partial charge in [-0.05, 0) is 12.1 Å². The molecule has 0 saturated heterocycles. The number of nitrogens with one attached hydrogen (secondary N) is 3. The quantitative estimate of drug-likeness (QED) is 0.484. The number of rotatable bonds is 4. The lowest BCUT2D eigenvalue weighted by Crippen LogP contribution is -2.37. The van der Waals surface area contributed by atoms with Gasteiger partial charge in [0.2, 0.25) is 5.91 Å². The second kappa shape index (κ2) is 5.59. The SMILES string of the molecule is NC(CC(=O)O)C(=O)Nc1cccc2c(=O)[nH][nH]c(=O)c12. The van der Waals surface area contributed by atoms with Crippen LogP contribution in [-0.4, -0.2) is 33.2 Å². The molecule has 1 unspecified atom stereocenters. The summed E-state index contributed by atoms with van der Waals surface area (Å²) in [6.07, 6.45) is -0.548. The van der Waals surface area contributed by atoms with Gasteiger partial charge in [-0.2, -0.15) is 0 Å². The average Bonchev–Trinajstić information content (AvgIpc) is 2.42. The number of carbonyl (C=O) groups is 2. The summed E-state index contributed by atoms with van der Waals surface area (Å²) in [5, 5.41) is 15.4. The molecule has 6 N–H and O–H groups in total. The number of amides is 1. The Balaban J connectivity index is 2.42. The molecule has 0 radical (unpaired) electrons. The molecule has 0 fully saturated rings. The Morgan fingerprint density at radius 2 is 1.90 bits per heavy atom. The van der Waals surface area contributed by atoms with Crippen molar-refractivity contribution in [2.45, 2.75) is 12.5 Å². The Morgan fingerprint density at radius 3 is 2.57 bits per heavy atom. The van der Waals surface area contributed by atoms with Crippen LogP contribution in [0.3, 0.4) is 0 Å². The molecule has 9 nitrogen and oxygen atoms in total. The highest BCUT2D eigenvalue weighted by molar-refractivity contribution is 6.03. The van der Waals surface area contributed by atoms with Crippen LogP contribution in [-0.2, 0) is 9.59 Å². The molecule has 21 heavy (non-hydrogen) atoms. The van der Waals surface area contributed by atoms with E-state index in [1.165, 1.54) is 18.2 Å². The van der Waals surface area contributed by atoms with Crippen molar-refractivity contribution < 1.29 is 14.7 Å².